The molecule has 4 heterocycles. The lowest BCUT2D eigenvalue weighted by Crippen LogP contribution is -2.54. The molecule has 3 aromatic heterocycles. The molecule has 6 nitrogen and oxygen atoms in total. The lowest BCUT2D eigenvalue weighted by molar-refractivity contribution is 0.203. The monoisotopic (exact) mass is 661 g/mol. The maximum atomic E-state index is 6.78. The van der Waals surface area contributed by atoms with Crippen LogP contribution in [0, 0.1) is 0 Å². The second-order valence-electron chi connectivity index (χ2n) is 13.4. The van der Waals surface area contributed by atoms with E-state index in [4.69, 9.17) is 13.3 Å². The van der Waals surface area contributed by atoms with Crippen LogP contribution in [-0.2, 0) is 0 Å². The standard InChI is InChI=1S/C45H31N3O3/c1-2-10-26(11-3-1)43-46-44(35-16-8-14-33-30-13-5-7-19-38(30)50-41(33)35)48-45(47-43)36-17-9-15-34-32-23-21-28(25-40(32)51-42(34)36)27-20-22-31-29-12-4-6-18-37(29)49-39(31)24-27/h1-25,43-48H. The molecule has 0 amide bonds. The van der Waals surface area contributed by atoms with E-state index in [1.807, 2.05) is 36.4 Å². The predicted molar refractivity (Wildman–Crippen MR) is 204 cm³/mol. The zero-order valence-corrected chi connectivity index (χ0v) is 27.4. The van der Waals surface area contributed by atoms with E-state index < -0.39 is 0 Å². The largest absolute Gasteiger partial charge is 0.456 e. The van der Waals surface area contributed by atoms with E-state index in [9.17, 15) is 0 Å². The molecule has 0 radical (unpaired) electrons. The van der Waals surface area contributed by atoms with E-state index in [0.29, 0.717) is 0 Å². The van der Waals surface area contributed by atoms with Gasteiger partial charge in [-0.1, -0.05) is 115 Å². The van der Waals surface area contributed by atoms with E-state index >= 15 is 0 Å². The molecule has 51 heavy (non-hydrogen) atoms. The van der Waals surface area contributed by atoms with E-state index in [1.165, 1.54) is 0 Å². The van der Waals surface area contributed by atoms with Crippen LogP contribution in [-0.4, -0.2) is 0 Å². The number of hydrogen-bond donors (Lipinski definition) is 3. The first kappa shape index (κ1) is 28.6. The Balaban J connectivity index is 1.01. The van der Waals surface area contributed by atoms with Crippen molar-refractivity contribution >= 4 is 65.8 Å². The molecule has 1 saturated heterocycles. The SMILES string of the molecule is c1ccc(C2NC(c3cccc4c3oc3ccccc34)NC(c3cccc4c3oc3cc(-c5ccc6c(c5)oc5ccccc56)ccc34)N2)cc1. The lowest BCUT2D eigenvalue weighted by Gasteiger charge is -2.39. The summed E-state index contributed by atoms with van der Waals surface area (Å²) in [5.41, 5.74) is 10.6. The first-order valence-corrected chi connectivity index (χ1v) is 17.4. The summed E-state index contributed by atoms with van der Waals surface area (Å²) in [6, 6.07) is 52.6. The van der Waals surface area contributed by atoms with Crippen LogP contribution in [0.3, 0.4) is 0 Å². The minimum Gasteiger partial charge on any atom is -0.456 e. The van der Waals surface area contributed by atoms with Crippen molar-refractivity contribution in [3.05, 3.63) is 168 Å². The molecule has 3 atom stereocenters. The molecule has 0 bridgehead atoms. The molecule has 1 fully saturated rings. The van der Waals surface area contributed by atoms with Gasteiger partial charge in [-0.2, -0.15) is 0 Å². The maximum absolute atomic E-state index is 6.78. The smallest absolute Gasteiger partial charge is 0.141 e. The Morgan fingerprint density at radius 3 is 1.43 bits per heavy atom. The van der Waals surface area contributed by atoms with Gasteiger partial charge in [0.1, 0.15) is 33.5 Å². The third-order valence-electron chi connectivity index (χ3n) is 10.4. The number of nitrogens with one attached hydrogen (secondary N) is 3. The van der Waals surface area contributed by atoms with Gasteiger partial charge in [-0.25, -0.2) is 0 Å². The molecule has 1 aliphatic rings. The summed E-state index contributed by atoms with van der Waals surface area (Å²) in [5.74, 6) is 0. The molecular weight excluding hydrogens is 631 g/mol. The van der Waals surface area contributed by atoms with Crippen molar-refractivity contribution in [2.45, 2.75) is 18.5 Å². The van der Waals surface area contributed by atoms with Crippen LogP contribution in [0.4, 0.5) is 0 Å². The van der Waals surface area contributed by atoms with Crippen molar-refractivity contribution in [3.63, 3.8) is 0 Å². The van der Waals surface area contributed by atoms with Crippen molar-refractivity contribution in [1.82, 2.24) is 16.0 Å². The molecule has 3 unspecified atom stereocenters. The van der Waals surface area contributed by atoms with Crippen molar-refractivity contribution < 1.29 is 13.3 Å². The Hall–Kier alpha value is -6.18. The fourth-order valence-electron chi connectivity index (χ4n) is 7.97. The van der Waals surface area contributed by atoms with Crippen LogP contribution in [0.15, 0.2) is 165 Å². The third kappa shape index (κ3) is 4.55. The third-order valence-corrected chi connectivity index (χ3v) is 10.4. The lowest BCUT2D eigenvalue weighted by atomic mass is 10.0. The zero-order chi connectivity index (χ0) is 33.5. The molecule has 6 heteroatoms. The quantitative estimate of drug-likeness (QED) is 0.174. The summed E-state index contributed by atoms with van der Waals surface area (Å²) < 4.78 is 19.5. The number of furan rings is 3. The van der Waals surface area contributed by atoms with Crippen LogP contribution in [0.25, 0.3) is 76.9 Å². The summed E-state index contributed by atoms with van der Waals surface area (Å²) in [4.78, 5) is 0. The van der Waals surface area contributed by atoms with Gasteiger partial charge in [0, 0.05) is 43.4 Å². The fourth-order valence-corrected chi connectivity index (χ4v) is 7.97. The maximum Gasteiger partial charge on any atom is 0.141 e. The predicted octanol–water partition coefficient (Wildman–Crippen LogP) is 11.2. The summed E-state index contributed by atoms with van der Waals surface area (Å²) >= 11 is 0. The number of para-hydroxylation sites is 4. The number of hydrogen-bond acceptors (Lipinski definition) is 6. The first-order chi connectivity index (χ1) is 25.2. The van der Waals surface area contributed by atoms with E-state index in [0.717, 1.165) is 93.6 Å². The number of fused-ring (bicyclic) bond motifs is 9. The average molecular weight is 662 g/mol. The van der Waals surface area contributed by atoms with Crippen molar-refractivity contribution in [1.29, 1.82) is 0 Å². The van der Waals surface area contributed by atoms with Gasteiger partial charge < -0.3 is 13.3 Å². The molecule has 0 aliphatic carbocycles. The second-order valence-corrected chi connectivity index (χ2v) is 13.4. The molecule has 11 rings (SSSR count). The summed E-state index contributed by atoms with van der Waals surface area (Å²) in [6.45, 7) is 0. The van der Waals surface area contributed by atoms with E-state index in [2.05, 4.69) is 131 Å². The van der Waals surface area contributed by atoms with Crippen molar-refractivity contribution in [3.8, 4) is 11.1 Å². The molecular formula is C45H31N3O3. The Morgan fingerprint density at radius 1 is 0.333 bits per heavy atom. The highest BCUT2D eigenvalue weighted by molar-refractivity contribution is 6.09. The van der Waals surface area contributed by atoms with Crippen LogP contribution in [0.5, 0.6) is 0 Å². The molecule has 244 valence electrons. The van der Waals surface area contributed by atoms with Crippen molar-refractivity contribution in [2.75, 3.05) is 0 Å². The van der Waals surface area contributed by atoms with Gasteiger partial charge >= 0.3 is 0 Å². The summed E-state index contributed by atoms with van der Waals surface area (Å²) in [5, 5.41) is 18.2. The molecule has 1 aliphatic heterocycles. The minimum absolute atomic E-state index is 0.138. The average Bonchev–Trinajstić information content (AvgIpc) is 3.88. The topological polar surface area (TPSA) is 75.5 Å². The molecule has 0 spiro atoms. The van der Waals surface area contributed by atoms with Gasteiger partial charge in [0.15, 0.2) is 0 Å². The molecule has 7 aromatic carbocycles. The summed E-state index contributed by atoms with van der Waals surface area (Å²) in [7, 11) is 0. The van der Waals surface area contributed by atoms with Crippen molar-refractivity contribution in [2.24, 2.45) is 0 Å². The van der Waals surface area contributed by atoms with Gasteiger partial charge in [-0.15, -0.1) is 0 Å². The van der Waals surface area contributed by atoms with Gasteiger partial charge in [0.25, 0.3) is 0 Å². The highest BCUT2D eigenvalue weighted by Gasteiger charge is 2.33. The second kappa shape index (κ2) is 11.2. The van der Waals surface area contributed by atoms with Gasteiger partial charge in [-0.05, 0) is 53.1 Å². The minimum atomic E-state index is -0.236. The van der Waals surface area contributed by atoms with E-state index in [1.54, 1.807) is 0 Å². The Bertz CT molecular complexity index is 2940. The Labute approximate surface area is 292 Å². The zero-order valence-electron chi connectivity index (χ0n) is 27.4. The fraction of sp³-hybridized carbons (Fsp3) is 0.0667. The number of rotatable bonds is 4. The Kier molecular flexibility index (Phi) is 6.27. The molecule has 0 saturated carbocycles. The van der Waals surface area contributed by atoms with Crippen LogP contribution in [0.1, 0.15) is 35.2 Å². The number of benzene rings is 7. The van der Waals surface area contributed by atoms with Crippen LogP contribution >= 0.6 is 0 Å². The molecule has 10 aromatic rings. The first-order valence-electron chi connectivity index (χ1n) is 17.4. The van der Waals surface area contributed by atoms with Gasteiger partial charge in [0.2, 0.25) is 0 Å². The van der Waals surface area contributed by atoms with E-state index in [-0.39, 0.29) is 18.5 Å². The van der Waals surface area contributed by atoms with Gasteiger partial charge in [0.05, 0.1) is 18.5 Å². The summed E-state index contributed by atoms with van der Waals surface area (Å²) in [6.07, 6.45) is -0.591. The highest BCUT2D eigenvalue weighted by atomic mass is 16.3. The normalized spacial score (nSPS) is 18.2. The highest BCUT2D eigenvalue weighted by Crippen LogP contribution is 2.40. The van der Waals surface area contributed by atoms with Crippen LogP contribution in [0.2, 0.25) is 0 Å². The molecule has 3 N–H and O–H groups in total. The van der Waals surface area contributed by atoms with Crippen LogP contribution < -0.4 is 16.0 Å². The van der Waals surface area contributed by atoms with Gasteiger partial charge in [-0.3, -0.25) is 16.0 Å². The Morgan fingerprint density at radius 2 is 0.784 bits per heavy atom.